The minimum atomic E-state index is -0.821. The largest absolute Gasteiger partial charge is 0.433 e. The van der Waals surface area contributed by atoms with Gasteiger partial charge in [0.2, 0.25) is 0 Å². The molecule has 0 aliphatic carbocycles. The van der Waals surface area contributed by atoms with Crippen LogP contribution in [-0.2, 0) is 4.65 Å². The number of rotatable bonds is 4. The zero-order chi connectivity index (χ0) is 12.0. The first-order valence-electron chi connectivity index (χ1n) is 5.40. The van der Waals surface area contributed by atoms with E-state index in [1.807, 2.05) is 41.5 Å². The summed E-state index contributed by atoms with van der Waals surface area (Å²) in [6.07, 6.45) is 0. The molecule has 0 atom stereocenters. The third-order valence-corrected chi connectivity index (χ3v) is 2.11. The van der Waals surface area contributed by atoms with E-state index in [9.17, 15) is 5.11 Å². The summed E-state index contributed by atoms with van der Waals surface area (Å²) in [5.41, 5.74) is -1.35. The van der Waals surface area contributed by atoms with Crippen LogP contribution in [0.4, 0.5) is 0 Å². The van der Waals surface area contributed by atoms with Crippen LogP contribution in [0.1, 0.15) is 55.4 Å². The second-order valence-electron chi connectivity index (χ2n) is 4.57. The zero-order valence-electron chi connectivity index (χ0n) is 11.0. The van der Waals surface area contributed by atoms with Crippen molar-refractivity contribution in [1.29, 1.82) is 0 Å². The molecule has 0 aliphatic rings. The highest BCUT2D eigenvalue weighted by Crippen LogP contribution is 2.25. The number of hydrogen-bond donors (Lipinski definition) is 1. The van der Waals surface area contributed by atoms with E-state index in [1.165, 1.54) is 0 Å². The van der Waals surface area contributed by atoms with Crippen LogP contribution in [0.5, 0.6) is 0 Å². The lowest BCUT2D eigenvalue weighted by atomic mass is 9.80. The quantitative estimate of drug-likeness (QED) is 0.708. The fraction of sp³-hybridized carbons (Fsp3) is 1.00. The predicted octanol–water partition coefficient (Wildman–Crippen LogP) is 3.03. The van der Waals surface area contributed by atoms with Crippen LogP contribution < -0.4 is 0 Å². The summed E-state index contributed by atoms with van der Waals surface area (Å²) < 4.78 is 5.48. The topological polar surface area (TPSA) is 29.5 Å². The van der Waals surface area contributed by atoms with Crippen molar-refractivity contribution in [1.82, 2.24) is 0 Å². The van der Waals surface area contributed by atoms with E-state index in [0.717, 1.165) is 0 Å². The maximum atomic E-state index is 9.71. The maximum Gasteiger partial charge on any atom is 0.296 e. The average Bonchev–Trinajstić information content (AvgIpc) is 2.03. The smallest absolute Gasteiger partial charge is 0.296 e. The lowest BCUT2D eigenvalue weighted by molar-refractivity contribution is -0.0908. The Hall–Kier alpha value is -0.0151. The first kappa shape index (κ1) is 16.4. The maximum absolute atomic E-state index is 9.71. The normalized spacial score (nSPS) is 12.1. The fourth-order valence-corrected chi connectivity index (χ4v) is 0.450. The lowest BCUT2D eigenvalue weighted by Gasteiger charge is -2.38. The Bertz CT molecular complexity index is 137. The van der Waals surface area contributed by atoms with Crippen LogP contribution in [0, 0.1) is 0 Å². The highest BCUT2D eigenvalue weighted by atomic mass is 16.5. The molecular weight excluding hydrogens is 175 g/mol. The van der Waals surface area contributed by atoms with Gasteiger partial charge in [-0.05, 0) is 33.5 Å². The van der Waals surface area contributed by atoms with E-state index in [4.69, 9.17) is 4.65 Å². The van der Waals surface area contributed by atoms with Crippen LogP contribution in [0.3, 0.4) is 0 Å². The highest BCUT2D eigenvalue weighted by Gasteiger charge is 2.35. The summed E-state index contributed by atoms with van der Waals surface area (Å²) in [5, 5.41) is 9.71. The van der Waals surface area contributed by atoms with E-state index in [-0.39, 0.29) is 0 Å². The molecule has 3 heteroatoms. The molecule has 0 aromatic carbocycles. The molecule has 0 saturated carbocycles. The molecule has 0 aromatic rings. The van der Waals surface area contributed by atoms with Gasteiger partial charge in [-0.3, -0.25) is 0 Å². The van der Waals surface area contributed by atoms with Gasteiger partial charge in [-0.25, -0.2) is 0 Å². The van der Waals surface area contributed by atoms with Crippen molar-refractivity contribution < 1.29 is 9.76 Å². The molecule has 0 saturated heterocycles. The molecule has 0 amide bonds. The van der Waals surface area contributed by atoms with Gasteiger partial charge in [-0.1, -0.05) is 27.7 Å². The Morgan fingerprint density at radius 1 is 1.07 bits per heavy atom. The van der Waals surface area contributed by atoms with Crippen LogP contribution in [0.2, 0.25) is 5.82 Å². The van der Waals surface area contributed by atoms with Gasteiger partial charge in [0.25, 0.3) is 7.48 Å². The molecule has 1 N–H and O–H groups in total. The highest BCUT2D eigenvalue weighted by molar-refractivity contribution is 6.29. The number of aliphatic hydroxyl groups is 1. The molecule has 0 heterocycles. The monoisotopic (exact) mass is 201 g/mol. The van der Waals surface area contributed by atoms with Crippen molar-refractivity contribution in [3.8, 4) is 0 Å². The predicted molar refractivity (Wildman–Crippen MR) is 63.7 cm³/mol. The minimum absolute atomic E-state index is 0.381. The second-order valence-corrected chi connectivity index (χ2v) is 4.57. The Kier molecular flexibility index (Phi) is 7.58. The van der Waals surface area contributed by atoms with E-state index in [2.05, 4.69) is 0 Å². The van der Waals surface area contributed by atoms with Crippen molar-refractivity contribution >= 4 is 7.48 Å². The third-order valence-electron chi connectivity index (χ3n) is 2.11. The molecule has 0 fully saturated rings. The van der Waals surface area contributed by atoms with E-state index >= 15 is 0 Å². The van der Waals surface area contributed by atoms with Crippen LogP contribution in [0.25, 0.3) is 0 Å². The van der Waals surface area contributed by atoms with Gasteiger partial charge in [0.05, 0.1) is 11.2 Å². The lowest BCUT2D eigenvalue weighted by Crippen LogP contribution is -2.48. The number of hydrogen-bond acceptors (Lipinski definition) is 2. The van der Waals surface area contributed by atoms with Gasteiger partial charge in [0.15, 0.2) is 0 Å². The standard InChI is InChI=1S/C9H20BO2.C2H6/c1-7(2)10-12-9(5,6)8(3,4)11;1-2/h7,11H,1-6H3;1-2H3. The Morgan fingerprint density at radius 2 is 1.43 bits per heavy atom. The molecule has 0 aliphatic heterocycles. The van der Waals surface area contributed by atoms with Gasteiger partial charge < -0.3 is 9.76 Å². The Balaban J connectivity index is 0. The summed E-state index contributed by atoms with van der Waals surface area (Å²) >= 11 is 0. The van der Waals surface area contributed by atoms with Gasteiger partial charge >= 0.3 is 0 Å². The molecule has 0 aromatic heterocycles. The van der Waals surface area contributed by atoms with E-state index in [1.54, 1.807) is 21.3 Å². The average molecular weight is 201 g/mol. The molecular formula is C11H26BO2. The van der Waals surface area contributed by atoms with Crippen LogP contribution >= 0.6 is 0 Å². The summed E-state index contributed by atoms with van der Waals surface area (Å²) in [7, 11) is 1.76. The van der Waals surface area contributed by atoms with Gasteiger partial charge in [0.1, 0.15) is 0 Å². The molecule has 14 heavy (non-hydrogen) atoms. The van der Waals surface area contributed by atoms with Crippen molar-refractivity contribution in [2.75, 3.05) is 0 Å². The van der Waals surface area contributed by atoms with Crippen LogP contribution in [0.15, 0.2) is 0 Å². The zero-order valence-corrected chi connectivity index (χ0v) is 11.0. The summed E-state index contributed by atoms with van der Waals surface area (Å²) in [5.74, 6) is 0.381. The third kappa shape index (κ3) is 6.44. The van der Waals surface area contributed by atoms with Crippen molar-refractivity contribution in [3.63, 3.8) is 0 Å². The fourth-order valence-electron chi connectivity index (χ4n) is 0.450. The summed E-state index contributed by atoms with van der Waals surface area (Å²) in [6, 6.07) is 0. The first-order valence-corrected chi connectivity index (χ1v) is 5.40. The Morgan fingerprint density at radius 3 is 1.64 bits per heavy atom. The minimum Gasteiger partial charge on any atom is -0.433 e. The molecule has 1 radical (unpaired) electrons. The van der Waals surface area contributed by atoms with Crippen molar-refractivity contribution in [2.45, 2.75) is 72.4 Å². The SMILES string of the molecule is CC.CC(C)[B]OC(C)(C)C(C)(C)O. The first-order chi connectivity index (χ1) is 6.17. The van der Waals surface area contributed by atoms with Gasteiger partial charge in [-0.15, -0.1) is 0 Å². The second kappa shape index (κ2) is 6.47. The van der Waals surface area contributed by atoms with E-state index < -0.39 is 11.2 Å². The summed E-state index contributed by atoms with van der Waals surface area (Å²) in [4.78, 5) is 0. The molecule has 0 spiro atoms. The molecule has 0 unspecified atom stereocenters. The van der Waals surface area contributed by atoms with Crippen molar-refractivity contribution in [3.05, 3.63) is 0 Å². The van der Waals surface area contributed by atoms with Gasteiger partial charge in [0, 0.05) is 0 Å². The van der Waals surface area contributed by atoms with Crippen LogP contribution in [-0.4, -0.2) is 23.8 Å². The van der Waals surface area contributed by atoms with Gasteiger partial charge in [-0.2, -0.15) is 0 Å². The molecule has 2 nitrogen and oxygen atoms in total. The Labute approximate surface area is 90.3 Å². The van der Waals surface area contributed by atoms with Crippen molar-refractivity contribution in [2.24, 2.45) is 0 Å². The molecule has 0 bridgehead atoms. The van der Waals surface area contributed by atoms with E-state index in [0.29, 0.717) is 5.82 Å². The summed E-state index contributed by atoms with van der Waals surface area (Å²) in [6.45, 7) is 15.3. The molecule has 85 valence electrons. The molecule has 0 rings (SSSR count).